The molecule has 2 aliphatic rings. The summed E-state index contributed by atoms with van der Waals surface area (Å²) in [6.45, 7) is 11.5. The molecule has 0 radical (unpaired) electrons. The summed E-state index contributed by atoms with van der Waals surface area (Å²) in [4.78, 5) is 40.5. The molecule has 33 heavy (non-hydrogen) atoms. The molecule has 0 spiro atoms. The predicted octanol–water partition coefficient (Wildman–Crippen LogP) is 2.17. The maximum absolute atomic E-state index is 12.7. The molecule has 1 aromatic rings. The molecular weight excluding hydrogens is 424 g/mol. The number of amides is 5. The van der Waals surface area contributed by atoms with Gasteiger partial charge in [-0.15, -0.1) is 0 Å². The Labute approximate surface area is 195 Å². The van der Waals surface area contributed by atoms with Gasteiger partial charge in [0.1, 0.15) is 24.5 Å². The Morgan fingerprint density at radius 2 is 1.79 bits per heavy atom. The van der Waals surface area contributed by atoms with Gasteiger partial charge in [0.25, 0.3) is 5.91 Å². The van der Waals surface area contributed by atoms with Crippen LogP contribution in [0.25, 0.3) is 0 Å². The molecule has 2 fully saturated rings. The molecule has 0 aromatic heterocycles. The summed E-state index contributed by atoms with van der Waals surface area (Å²) < 4.78 is 5.70. The average Bonchev–Trinajstić information content (AvgIpc) is 2.95. The van der Waals surface area contributed by atoms with E-state index in [0.29, 0.717) is 5.75 Å². The number of hydrogen-bond donors (Lipinski definition) is 2. The number of piperazine rings is 1. The van der Waals surface area contributed by atoms with Crippen LogP contribution in [-0.4, -0.2) is 82.7 Å². The lowest BCUT2D eigenvalue weighted by Crippen LogP contribution is -2.55. The van der Waals surface area contributed by atoms with Crippen LogP contribution in [0.15, 0.2) is 24.3 Å². The third-order valence-electron chi connectivity index (χ3n) is 6.16. The highest BCUT2D eigenvalue weighted by molar-refractivity contribution is 6.04. The van der Waals surface area contributed by atoms with Crippen molar-refractivity contribution in [2.24, 2.45) is 11.1 Å². The van der Waals surface area contributed by atoms with Gasteiger partial charge in [-0.2, -0.15) is 0 Å². The van der Waals surface area contributed by atoms with E-state index < -0.39 is 30.1 Å². The Morgan fingerprint density at radius 1 is 1.15 bits per heavy atom. The van der Waals surface area contributed by atoms with Crippen molar-refractivity contribution in [1.82, 2.24) is 14.7 Å². The number of urea groups is 2. The first-order chi connectivity index (χ1) is 15.3. The third kappa shape index (κ3) is 5.76. The normalized spacial score (nSPS) is 20.2. The number of primary amides is 1. The molecule has 3 N–H and O–H groups in total. The van der Waals surface area contributed by atoms with E-state index in [0.717, 1.165) is 11.3 Å². The van der Waals surface area contributed by atoms with Gasteiger partial charge in [0.15, 0.2) is 0 Å². The molecule has 5 amide bonds. The third-order valence-corrected chi connectivity index (χ3v) is 6.16. The van der Waals surface area contributed by atoms with Gasteiger partial charge in [0.05, 0.1) is 13.1 Å². The lowest BCUT2D eigenvalue weighted by atomic mass is 9.72. The van der Waals surface area contributed by atoms with Crippen LogP contribution in [0.4, 0.5) is 9.59 Å². The minimum Gasteiger partial charge on any atom is -0.491 e. The number of nitrogens with zero attached hydrogens (tertiary/aromatic N) is 3. The number of carbonyl (C=O) groups is 3. The first-order valence-corrected chi connectivity index (χ1v) is 11.4. The van der Waals surface area contributed by atoms with Gasteiger partial charge in [0, 0.05) is 13.1 Å². The molecule has 2 aliphatic heterocycles. The molecule has 2 saturated heterocycles. The number of β-amino-alcohol motifs (C(OH)–C–C–N with tert-alkyl or cyclic N) is 1. The fourth-order valence-corrected chi connectivity index (χ4v) is 4.91. The number of rotatable bonds is 7. The van der Waals surface area contributed by atoms with Gasteiger partial charge >= 0.3 is 12.1 Å². The van der Waals surface area contributed by atoms with E-state index in [1.165, 1.54) is 15.4 Å². The molecule has 0 bridgehead atoms. The highest BCUT2D eigenvalue weighted by atomic mass is 16.5. The summed E-state index contributed by atoms with van der Waals surface area (Å²) in [5, 5.41) is 10.4. The van der Waals surface area contributed by atoms with Crippen molar-refractivity contribution in [2.45, 2.75) is 58.6 Å². The van der Waals surface area contributed by atoms with Crippen LogP contribution in [0.3, 0.4) is 0 Å². The smallest absolute Gasteiger partial charge is 0.327 e. The number of aliphatic hydroxyl groups is 1. The second-order valence-corrected chi connectivity index (χ2v) is 10.8. The van der Waals surface area contributed by atoms with Crippen molar-refractivity contribution in [1.29, 1.82) is 0 Å². The summed E-state index contributed by atoms with van der Waals surface area (Å²) in [5.41, 5.74) is 6.74. The van der Waals surface area contributed by atoms with E-state index in [4.69, 9.17) is 10.5 Å². The molecule has 9 nitrogen and oxygen atoms in total. The number of hydrogen-bond acceptors (Lipinski definition) is 5. The van der Waals surface area contributed by atoms with E-state index in [9.17, 15) is 19.5 Å². The van der Waals surface area contributed by atoms with Crippen molar-refractivity contribution in [3.63, 3.8) is 0 Å². The second-order valence-electron chi connectivity index (χ2n) is 10.8. The Hall–Kier alpha value is -2.81. The van der Waals surface area contributed by atoms with Gasteiger partial charge < -0.3 is 25.4 Å². The molecule has 1 aromatic carbocycles. The topological polar surface area (TPSA) is 116 Å². The zero-order valence-electron chi connectivity index (χ0n) is 20.2. The summed E-state index contributed by atoms with van der Waals surface area (Å²) in [5.74, 6) is 0.174. The summed E-state index contributed by atoms with van der Waals surface area (Å²) in [7, 11) is 0. The molecule has 2 heterocycles. The van der Waals surface area contributed by atoms with Crippen LogP contribution < -0.4 is 10.5 Å². The average molecular weight is 461 g/mol. The molecule has 0 unspecified atom stereocenters. The number of imide groups is 1. The van der Waals surface area contributed by atoms with Crippen LogP contribution in [0.1, 0.15) is 46.6 Å². The van der Waals surface area contributed by atoms with E-state index >= 15 is 0 Å². The molecular formula is C24H36N4O5. The molecule has 0 saturated carbocycles. The van der Waals surface area contributed by atoms with Gasteiger partial charge in [-0.05, 0) is 34.9 Å². The first-order valence-electron chi connectivity index (χ1n) is 11.4. The molecule has 9 heteroatoms. The standard InChI is InChI=1S/C24H36N4O5/c1-23(2,3)15-24(4,5)16-6-8-18(9-7-16)33-14-17(29)12-28-20(30)19-13-26(21(25)31)10-11-27(19)22(28)32/h6-9,17,19,29H,10-15H2,1-5H3,(H2,25,31)/t17-,19-/m1/s1. The minimum absolute atomic E-state index is 0.0168. The van der Waals surface area contributed by atoms with Crippen LogP contribution in [0.5, 0.6) is 5.75 Å². The Morgan fingerprint density at radius 3 is 2.36 bits per heavy atom. The minimum atomic E-state index is -1.04. The van der Waals surface area contributed by atoms with Gasteiger partial charge in [0.2, 0.25) is 0 Å². The maximum Gasteiger partial charge on any atom is 0.327 e. The second kappa shape index (κ2) is 9.21. The Balaban J connectivity index is 1.54. The lowest BCUT2D eigenvalue weighted by Gasteiger charge is -2.34. The van der Waals surface area contributed by atoms with E-state index in [1.807, 2.05) is 24.3 Å². The Bertz CT molecular complexity index is 893. The first kappa shape index (κ1) is 24.8. The highest BCUT2D eigenvalue weighted by Crippen LogP contribution is 2.36. The van der Waals surface area contributed by atoms with Crippen molar-refractivity contribution < 1.29 is 24.2 Å². The zero-order chi connectivity index (χ0) is 24.6. The monoisotopic (exact) mass is 460 g/mol. The predicted molar refractivity (Wildman–Crippen MR) is 124 cm³/mol. The largest absolute Gasteiger partial charge is 0.491 e. The van der Waals surface area contributed by atoms with Crippen LogP contribution in [-0.2, 0) is 10.2 Å². The number of aliphatic hydroxyl groups excluding tert-OH is 1. The molecule has 182 valence electrons. The summed E-state index contributed by atoms with van der Waals surface area (Å²) in [6.07, 6.45) is -0.00467. The molecule has 2 atom stereocenters. The zero-order valence-corrected chi connectivity index (χ0v) is 20.2. The number of ether oxygens (including phenoxy) is 1. The van der Waals surface area contributed by atoms with Crippen molar-refractivity contribution >= 4 is 18.0 Å². The lowest BCUT2D eigenvalue weighted by molar-refractivity contribution is -0.130. The number of fused-ring (bicyclic) bond motifs is 1. The van der Waals surface area contributed by atoms with Gasteiger partial charge in [-0.3, -0.25) is 9.69 Å². The molecule has 3 rings (SSSR count). The van der Waals surface area contributed by atoms with Crippen molar-refractivity contribution in [3.05, 3.63) is 29.8 Å². The van der Waals surface area contributed by atoms with Crippen LogP contribution in [0.2, 0.25) is 0 Å². The number of benzene rings is 1. The van der Waals surface area contributed by atoms with Crippen molar-refractivity contribution in [2.75, 3.05) is 32.8 Å². The fraction of sp³-hybridized carbons (Fsp3) is 0.625. The van der Waals surface area contributed by atoms with Gasteiger partial charge in [-0.1, -0.05) is 46.8 Å². The van der Waals surface area contributed by atoms with E-state index in [-0.39, 0.29) is 43.6 Å². The highest BCUT2D eigenvalue weighted by Gasteiger charge is 2.48. The fourth-order valence-electron chi connectivity index (χ4n) is 4.91. The number of carbonyl (C=O) groups excluding carboxylic acids is 3. The van der Waals surface area contributed by atoms with Crippen LogP contribution in [0, 0.1) is 5.41 Å². The van der Waals surface area contributed by atoms with Crippen LogP contribution >= 0.6 is 0 Å². The van der Waals surface area contributed by atoms with E-state index in [1.54, 1.807) is 0 Å². The molecule has 0 aliphatic carbocycles. The van der Waals surface area contributed by atoms with Crippen molar-refractivity contribution in [3.8, 4) is 5.75 Å². The Kier molecular flexibility index (Phi) is 6.93. The summed E-state index contributed by atoms with van der Waals surface area (Å²) in [6, 6.07) is 5.98. The SMILES string of the molecule is CC(C)(C)CC(C)(C)c1ccc(OC[C@H](O)CN2C(=O)[C@H]3CN(C(N)=O)CCN3C2=O)cc1. The number of nitrogens with two attached hydrogens (primary N) is 1. The van der Waals surface area contributed by atoms with E-state index in [2.05, 4.69) is 34.6 Å². The quantitative estimate of drug-likeness (QED) is 0.605. The van der Waals surface area contributed by atoms with Gasteiger partial charge in [-0.25, -0.2) is 9.59 Å². The summed E-state index contributed by atoms with van der Waals surface area (Å²) >= 11 is 0. The maximum atomic E-state index is 12.7.